The van der Waals surface area contributed by atoms with Crippen LogP contribution in [0.1, 0.15) is 10.4 Å². The highest BCUT2D eigenvalue weighted by Gasteiger charge is 2.38. The molecule has 2 heterocycles. The molecule has 0 saturated carbocycles. The maximum atomic E-state index is 12.8. The second kappa shape index (κ2) is 10.8. The Morgan fingerprint density at radius 2 is 1.78 bits per heavy atom. The van der Waals surface area contributed by atoms with Crippen LogP contribution in [0.4, 0.5) is 18.9 Å². The van der Waals surface area contributed by atoms with E-state index in [9.17, 15) is 22.8 Å². The lowest BCUT2D eigenvalue weighted by atomic mass is 10.0. The van der Waals surface area contributed by atoms with Gasteiger partial charge in [-0.3, -0.25) is 14.7 Å². The Hall–Kier alpha value is -4.55. The van der Waals surface area contributed by atoms with Crippen molar-refractivity contribution >= 4 is 23.5 Å². The molecule has 2 aromatic carbocycles. The first-order chi connectivity index (χ1) is 17.0. The highest BCUT2D eigenvalue weighted by molar-refractivity contribution is 6.05. The van der Waals surface area contributed by atoms with Gasteiger partial charge in [-0.1, -0.05) is 18.2 Å². The highest BCUT2D eigenvalue weighted by Crippen LogP contribution is 2.31. The van der Waals surface area contributed by atoms with E-state index in [2.05, 4.69) is 15.5 Å². The van der Waals surface area contributed by atoms with E-state index in [1.165, 1.54) is 4.90 Å². The van der Waals surface area contributed by atoms with Crippen LogP contribution in [0.25, 0.3) is 11.1 Å². The van der Waals surface area contributed by atoms with Crippen LogP contribution in [0.2, 0.25) is 0 Å². The monoisotopic (exact) mass is 506 g/mol. The lowest BCUT2D eigenvalue weighted by Gasteiger charge is -2.26. The number of carboxylic acids is 1. The number of H-pyrrole nitrogens is 1. The normalized spacial score (nSPS) is 14.2. The molecule has 0 bridgehead atoms. The minimum atomic E-state index is -5.08. The van der Waals surface area contributed by atoms with Gasteiger partial charge in [0.2, 0.25) is 6.10 Å². The number of nitrogens with zero attached hydrogens (tertiary/aromatic N) is 2. The Labute approximate surface area is 202 Å². The number of halogens is 3. The summed E-state index contributed by atoms with van der Waals surface area (Å²) in [6.45, 7) is 0.0902. The first-order valence-corrected chi connectivity index (χ1v) is 10.3. The molecule has 1 atom stereocenters. The van der Waals surface area contributed by atoms with Gasteiger partial charge in [-0.2, -0.15) is 18.3 Å². The summed E-state index contributed by atoms with van der Waals surface area (Å²) in [5.74, 6) is -2.25. The van der Waals surface area contributed by atoms with Crippen molar-refractivity contribution in [2.75, 3.05) is 26.0 Å². The molecule has 13 heteroatoms. The molecule has 1 aliphatic heterocycles. The Morgan fingerprint density at radius 3 is 2.36 bits per heavy atom. The van der Waals surface area contributed by atoms with Crippen molar-refractivity contribution in [1.29, 1.82) is 0 Å². The molecule has 0 radical (unpaired) electrons. The van der Waals surface area contributed by atoms with Crippen molar-refractivity contribution in [2.45, 2.75) is 12.3 Å². The average Bonchev–Trinajstić information content (AvgIpc) is 3.38. The molecule has 0 aliphatic carbocycles. The second-order valence-corrected chi connectivity index (χ2v) is 7.60. The number of carboxylic acid groups (broad SMARTS) is 1. The zero-order chi connectivity index (χ0) is 26.5. The van der Waals surface area contributed by atoms with Gasteiger partial charge in [0.1, 0.15) is 6.61 Å². The van der Waals surface area contributed by atoms with Crippen molar-refractivity contribution in [3.8, 4) is 22.6 Å². The maximum Gasteiger partial charge on any atom is 0.490 e. The molecular formula is C23H21F3N4O6. The minimum absolute atomic E-state index is 0.0902. The molecule has 4 rings (SSSR count). The zero-order valence-corrected chi connectivity index (χ0v) is 19.0. The van der Waals surface area contributed by atoms with Gasteiger partial charge in [-0.05, 0) is 29.8 Å². The molecule has 36 heavy (non-hydrogen) atoms. The number of aliphatic carboxylic acids is 1. The number of para-hydroxylation sites is 2. The van der Waals surface area contributed by atoms with E-state index < -0.39 is 18.2 Å². The molecule has 2 amide bonds. The fraction of sp³-hybridized carbons (Fsp3) is 0.217. The van der Waals surface area contributed by atoms with Crippen molar-refractivity contribution in [2.24, 2.45) is 0 Å². The standard InChI is InChI=1S/C21H20N4O4.C2HF3O2/c1-25(2)21(27)15-9-13(14-10-22-23-11-14)7-8-16(15)24-20(26)19-12-28-17-5-3-4-6-18(17)29-19;3-2(4,5)1(6)7/h3-11,19H,12H2,1-2H3,(H,22,23)(H,24,26);(H,6,7)/t19-;/m0./s1. The molecule has 10 nitrogen and oxygen atoms in total. The van der Waals surface area contributed by atoms with Crippen LogP contribution in [0, 0.1) is 0 Å². The first-order valence-electron chi connectivity index (χ1n) is 10.3. The smallest absolute Gasteiger partial charge is 0.485 e. The molecular weight excluding hydrogens is 485 g/mol. The van der Waals surface area contributed by atoms with Gasteiger partial charge in [0.05, 0.1) is 17.4 Å². The van der Waals surface area contributed by atoms with Crippen molar-refractivity contribution in [1.82, 2.24) is 15.1 Å². The molecule has 0 unspecified atom stereocenters. The number of rotatable bonds is 4. The third kappa shape index (κ3) is 6.31. The van der Waals surface area contributed by atoms with Gasteiger partial charge in [-0.15, -0.1) is 0 Å². The number of alkyl halides is 3. The van der Waals surface area contributed by atoms with Crippen LogP contribution >= 0.6 is 0 Å². The summed E-state index contributed by atoms with van der Waals surface area (Å²) in [6, 6.07) is 12.4. The first kappa shape index (κ1) is 26.1. The van der Waals surface area contributed by atoms with Crippen molar-refractivity contribution < 1.29 is 42.1 Å². The number of anilines is 1. The van der Waals surface area contributed by atoms with Gasteiger partial charge in [0, 0.05) is 25.9 Å². The van der Waals surface area contributed by atoms with Crippen LogP contribution in [-0.2, 0) is 9.59 Å². The van der Waals surface area contributed by atoms with Gasteiger partial charge < -0.3 is 24.8 Å². The summed E-state index contributed by atoms with van der Waals surface area (Å²) in [7, 11) is 3.32. The highest BCUT2D eigenvalue weighted by atomic mass is 19.4. The zero-order valence-electron chi connectivity index (χ0n) is 19.0. The second-order valence-electron chi connectivity index (χ2n) is 7.60. The summed E-state index contributed by atoms with van der Waals surface area (Å²) in [5, 5.41) is 16.6. The van der Waals surface area contributed by atoms with Gasteiger partial charge in [0.25, 0.3) is 11.8 Å². The third-order valence-corrected chi connectivity index (χ3v) is 4.79. The summed E-state index contributed by atoms with van der Waals surface area (Å²) in [4.78, 5) is 35.8. The number of aromatic nitrogens is 2. The number of nitrogens with one attached hydrogen (secondary N) is 2. The SMILES string of the molecule is CN(C)C(=O)c1cc(-c2cn[nH]c2)ccc1NC(=O)[C@@H]1COc2ccccc2O1.O=C(O)C(F)(F)F. The number of hydrogen-bond donors (Lipinski definition) is 3. The number of carbonyl (C=O) groups excluding carboxylic acids is 2. The van der Waals surface area contributed by atoms with Crippen molar-refractivity contribution in [3.05, 3.63) is 60.4 Å². The largest absolute Gasteiger partial charge is 0.490 e. The Kier molecular flexibility index (Phi) is 7.82. The fourth-order valence-corrected chi connectivity index (χ4v) is 3.02. The molecule has 0 fully saturated rings. The predicted octanol–water partition coefficient (Wildman–Crippen LogP) is 3.19. The van der Waals surface area contributed by atoms with Crippen LogP contribution in [0.15, 0.2) is 54.9 Å². The number of hydrogen-bond acceptors (Lipinski definition) is 6. The van der Waals surface area contributed by atoms with E-state index in [0.29, 0.717) is 22.7 Å². The van der Waals surface area contributed by atoms with E-state index in [-0.39, 0.29) is 18.4 Å². The van der Waals surface area contributed by atoms with Crippen LogP contribution in [0.5, 0.6) is 11.5 Å². The van der Waals surface area contributed by atoms with E-state index in [1.807, 2.05) is 18.2 Å². The molecule has 3 N–H and O–H groups in total. The number of carbonyl (C=O) groups is 3. The number of ether oxygens (including phenoxy) is 2. The molecule has 1 aromatic heterocycles. The number of aromatic amines is 1. The number of benzene rings is 2. The van der Waals surface area contributed by atoms with Gasteiger partial charge in [-0.25, -0.2) is 4.79 Å². The molecule has 3 aromatic rings. The topological polar surface area (TPSA) is 134 Å². The molecule has 190 valence electrons. The Balaban J connectivity index is 0.000000454. The fourth-order valence-electron chi connectivity index (χ4n) is 3.02. The van der Waals surface area contributed by atoms with E-state index in [1.54, 1.807) is 50.8 Å². The molecule has 0 saturated heterocycles. The van der Waals surface area contributed by atoms with E-state index in [4.69, 9.17) is 19.4 Å². The van der Waals surface area contributed by atoms with Gasteiger partial charge >= 0.3 is 12.1 Å². The molecule has 1 aliphatic rings. The summed E-state index contributed by atoms with van der Waals surface area (Å²) < 4.78 is 43.1. The summed E-state index contributed by atoms with van der Waals surface area (Å²) in [5.41, 5.74) is 2.44. The minimum Gasteiger partial charge on any atom is -0.485 e. The quantitative estimate of drug-likeness (QED) is 0.495. The average molecular weight is 506 g/mol. The maximum absolute atomic E-state index is 12.8. The Bertz CT molecular complexity index is 1240. The Morgan fingerprint density at radius 1 is 1.11 bits per heavy atom. The van der Waals surface area contributed by atoms with E-state index in [0.717, 1.165) is 11.1 Å². The number of fused-ring (bicyclic) bond motifs is 1. The summed E-state index contributed by atoms with van der Waals surface area (Å²) in [6.07, 6.45) is -2.50. The predicted molar refractivity (Wildman–Crippen MR) is 121 cm³/mol. The van der Waals surface area contributed by atoms with Crippen LogP contribution in [-0.4, -0.2) is 71.0 Å². The lowest BCUT2D eigenvalue weighted by molar-refractivity contribution is -0.192. The summed E-state index contributed by atoms with van der Waals surface area (Å²) >= 11 is 0. The van der Waals surface area contributed by atoms with Crippen LogP contribution < -0.4 is 14.8 Å². The van der Waals surface area contributed by atoms with E-state index >= 15 is 0 Å². The third-order valence-electron chi connectivity index (χ3n) is 4.79. The molecule has 0 spiro atoms. The lowest BCUT2D eigenvalue weighted by Crippen LogP contribution is -2.40. The van der Waals surface area contributed by atoms with Gasteiger partial charge in [0.15, 0.2) is 11.5 Å². The number of amides is 2. The van der Waals surface area contributed by atoms with Crippen LogP contribution in [0.3, 0.4) is 0 Å². The van der Waals surface area contributed by atoms with Crippen molar-refractivity contribution in [3.63, 3.8) is 0 Å².